The number of hydrazine groups is 1. The van der Waals surface area contributed by atoms with Gasteiger partial charge in [-0.1, -0.05) is 0 Å². The summed E-state index contributed by atoms with van der Waals surface area (Å²) in [6, 6.07) is 0. The molecule has 0 rings (SSSR count). The van der Waals surface area contributed by atoms with Crippen LogP contribution in [0.2, 0.25) is 0 Å². The van der Waals surface area contributed by atoms with Gasteiger partial charge in [0.25, 0.3) is 0 Å². The van der Waals surface area contributed by atoms with Crippen LogP contribution in [0.25, 0.3) is 0 Å². The number of nitrogens with two attached hydrogens (primary N) is 1. The summed E-state index contributed by atoms with van der Waals surface area (Å²) < 4.78 is 10.1. The van der Waals surface area contributed by atoms with Crippen LogP contribution in [0.5, 0.6) is 0 Å². The maximum Gasteiger partial charge on any atom is 0.343 e. The fourth-order valence-corrected chi connectivity index (χ4v) is 0.291. The molecule has 0 aliphatic carbocycles. The number of rotatable bonds is 2. The first-order valence-corrected chi connectivity index (χ1v) is 3.68. The van der Waals surface area contributed by atoms with E-state index in [-0.39, 0.29) is 0 Å². The van der Waals surface area contributed by atoms with Gasteiger partial charge in [-0.05, 0) is 6.92 Å². The van der Waals surface area contributed by atoms with E-state index in [1.165, 1.54) is 6.92 Å². The zero-order valence-corrected chi connectivity index (χ0v) is 5.30. The summed E-state index contributed by atoms with van der Waals surface area (Å²) in [5, 5.41) is 0. The van der Waals surface area contributed by atoms with E-state index in [0.717, 1.165) is 0 Å². The molecular weight excluding hydrogens is 131 g/mol. The van der Waals surface area contributed by atoms with E-state index in [1.54, 1.807) is 0 Å². The van der Waals surface area contributed by atoms with E-state index in [0.29, 0.717) is 0 Å². The zero-order chi connectivity index (χ0) is 6.78. The molecule has 0 heterocycles. The lowest BCUT2D eigenvalue weighted by Crippen LogP contribution is -2.32. The molecule has 5 nitrogen and oxygen atoms in total. The highest BCUT2D eigenvalue weighted by atomic mass is 31.2. The Kier molecular flexibility index (Phi) is 2.59. The van der Waals surface area contributed by atoms with Crippen molar-refractivity contribution in [2.75, 3.05) is 0 Å². The Balaban J connectivity index is 3.82. The van der Waals surface area contributed by atoms with Crippen molar-refractivity contribution in [2.45, 2.75) is 12.7 Å². The highest BCUT2D eigenvalue weighted by Crippen LogP contribution is 2.38. The van der Waals surface area contributed by atoms with Crippen molar-refractivity contribution < 1.29 is 14.4 Å². The maximum absolute atomic E-state index is 10.1. The lowest BCUT2D eigenvalue weighted by Gasteiger charge is -2.09. The third-order valence-electron chi connectivity index (χ3n) is 0.746. The van der Waals surface area contributed by atoms with Gasteiger partial charge >= 0.3 is 7.60 Å². The highest BCUT2D eigenvalue weighted by Gasteiger charge is 2.21. The second kappa shape index (κ2) is 2.57. The zero-order valence-electron chi connectivity index (χ0n) is 4.40. The molecule has 1 unspecified atom stereocenters. The molecular formula is C2H9N2O3P. The second-order valence-corrected chi connectivity index (χ2v) is 3.38. The summed E-state index contributed by atoms with van der Waals surface area (Å²) in [5.41, 5.74) is 1.94. The smallest absolute Gasteiger partial charge is 0.323 e. The summed E-state index contributed by atoms with van der Waals surface area (Å²) in [5.74, 6) is 3.76. The largest absolute Gasteiger partial charge is 0.343 e. The normalized spacial score (nSPS) is 16.0. The SMILES string of the molecule is CC(NN)P(=O)(O)O. The molecule has 0 saturated heterocycles. The molecule has 0 amide bonds. The summed E-state index contributed by atoms with van der Waals surface area (Å²) >= 11 is 0. The van der Waals surface area contributed by atoms with Crippen LogP contribution >= 0.6 is 7.60 Å². The molecule has 8 heavy (non-hydrogen) atoms. The van der Waals surface area contributed by atoms with Crippen molar-refractivity contribution in [3.8, 4) is 0 Å². The third kappa shape index (κ3) is 2.40. The summed E-state index contributed by atoms with van der Waals surface area (Å²) in [6.07, 6.45) is 0. The van der Waals surface area contributed by atoms with E-state index in [2.05, 4.69) is 0 Å². The lowest BCUT2D eigenvalue weighted by atomic mass is 10.8. The molecule has 0 saturated carbocycles. The second-order valence-electron chi connectivity index (χ2n) is 1.43. The molecule has 0 spiro atoms. The van der Waals surface area contributed by atoms with Gasteiger partial charge in [0, 0.05) is 0 Å². The van der Waals surface area contributed by atoms with Gasteiger partial charge in [-0.2, -0.15) is 0 Å². The Labute approximate surface area is 47.0 Å². The van der Waals surface area contributed by atoms with Gasteiger partial charge in [0.1, 0.15) is 5.78 Å². The first kappa shape index (κ1) is 8.07. The Hall–Kier alpha value is 0.0700. The molecule has 0 bridgehead atoms. The van der Waals surface area contributed by atoms with E-state index in [4.69, 9.17) is 15.6 Å². The van der Waals surface area contributed by atoms with E-state index in [1.807, 2.05) is 5.43 Å². The Morgan fingerprint density at radius 3 is 2.12 bits per heavy atom. The molecule has 0 aromatic heterocycles. The van der Waals surface area contributed by atoms with Gasteiger partial charge in [0.2, 0.25) is 0 Å². The van der Waals surface area contributed by atoms with Crippen LogP contribution in [0, 0.1) is 0 Å². The van der Waals surface area contributed by atoms with Crippen molar-refractivity contribution in [3.05, 3.63) is 0 Å². The third-order valence-corrected chi connectivity index (χ3v) is 1.90. The van der Waals surface area contributed by atoms with Crippen molar-refractivity contribution >= 4 is 7.60 Å². The van der Waals surface area contributed by atoms with Crippen molar-refractivity contribution in [1.82, 2.24) is 5.43 Å². The van der Waals surface area contributed by atoms with Crippen LogP contribution < -0.4 is 11.3 Å². The first-order valence-electron chi connectivity index (χ1n) is 2.00. The predicted octanol–water partition coefficient (Wildman–Crippen LogP) is -1.03. The highest BCUT2D eigenvalue weighted by molar-refractivity contribution is 7.52. The number of nitrogens with one attached hydrogen (secondary N) is 1. The minimum absolute atomic E-state index is 0.956. The van der Waals surface area contributed by atoms with Crippen LogP contribution in [0.1, 0.15) is 6.92 Å². The van der Waals surface area contributed by atoms with E-state index < -0.39 is 13.4 Å². The average molecular weight is 140 g/mol. The molecule has 0 aliphatic rings. The van der Waals surface area contributed by atoms with Gasteiger partial charge in [-0.3, -0.25) is 10.4 Å². The molecule has 0 aromatic rings. The lowest BCUT2D eigenvalue weighted by molar-refractivity contribution is 0.351. The molecule has 0 radical (unpaired) electrons. The summed E-state index contributed by atoms with van der Waals surface area (Å²) in [4.78, 5) is 16.5. The van der Waals surface area contributed by atoms with E-state index >= 15 is 0 Å². The molecule has 5 N–H and O–H groups in total. The van der Waals surface area contributed by atoms with Gasteiger partial charge in [-0.25, -0.2) is 5.43 Å². The van der Waals surface area contributed by atoms with Crippen LogP contribution in [-0.2, 0) is 4.57 Å². The van der Waals surface area contributed by atoms with Crippen LogP contribution in [0.4, 0.5) is 0 Å². The van der Waals surface area contributed by atoms with Gasteiger partial charge in [0.15, 0.2) is 0 Å². The first-order chi connectivity index (χ1) is 3.48. The van der Waals surface area contributed by atoms with Crippen LogP contribution in [0.15, 0.2) is 0 Å². The quantitative estimate of drug-likeness (QED) is 0.223. The Bertz CT molecular complexity index is 110. The van der Waals surface area contributed by atoms with E-state index in [9.17, 15) is 4.57 Å². The number of hydrogen-bond donors (Lipinski definition) is 4. The van der Waals surface area contributed by atoms with Crippen LogP contribution in [0.3, 0.4) is 0 Å². The van der Waals surface area contributed by atoms with Gasteiger partial charge in [0.05, 0.1) is 0 Å². The fraction of sp³-hybridized carbons (Fsp3) is 1.00. The van der Waals surface area contributed by atoms with Gasteiger partial charge in [-0.15, -0.1) is 0 Å². The predicted molar refractivity (Wildman–Crippen MR) is 28.8 cm³/mol. The Morgan fingerprint density at radius 1 is 1.75 bits per heavy atom. The van der Waals surface area contributed by atoms with Crippen molar-refractivity contribution in [1.29, 1.82) is 0 Å². The standard InChI is InChI=1S/C2H9N2O3P/c1-2(4-3)8(5,6)7/h2,4H,3H2,1H3,(H2,5,6,7). The fourth-order valence-electron chi connectivity index (χ4n) is 0.0971. The summed E-state index contributed by atoms with van der Waals surface area (Å²) in [6.45, 7) is 1.31. The maximum atomic E-state index is 10.1. The molecule has 1 atom stereocenters. The molecule has 0 aromatic carbocycles. The number of hydrogen-bond acceptors (Lipinski definition) is 3. The van der Waals surface area contributed by atoms with Crippen LogP contribution in [-0.4, -0.2) is 15.6 Å². The minimum atomic E-state index is -3.99. The van der Waals surface area contributed by atoms with Crippen molar-refractivity contribution in [3.63, 3.8) is 0 Å². The monoisotopic (exact) mass is 140 g/mol. The molecule has 6 heteroatoms. The topological polar surface area (TPSA) is 95.6 Å². The van der Waals surface area contributed by atoms with Gasteiger partial charge < -0.3 is 9.79 Å². The average Bonchev–Trinajstić information content (AvgIpc) is 1.62. The molecule has 0 fully saturated rings. The molecule has 0 aliphatic heterocycles. The Morgan fingerprint density at radius 2 is 2.12 bits per heavy atom. The van der Waals surface area contributed by atoms with Crippen molar-refractivity contribution in [2.24, 2.45) is 5.84 Å². The minimum Gasteiger partial charge on any atom is -0.323 e. The molecule has 50 valence electrons. The summed E-state index contributed by atoms with van der Waals surface area (Å²) in [7, 11) is -3.99.